The molecule has 0 aliphatic heterocycles. The molecule has 2 N–H and O–H groups in total. The number of nitrogen functional groups attached to an aromatic ring is 1. The van der Waals surface area contributed by atoms with E-state index in [1.165, 1.54) is 13.0 Å². The van der Waals surface area contributed by atoms with Crippen molar-refractivity contribution in [1.82, 2.24) is 4.90 Å². The maximum absolute atomic E-state index is 12.8. The molecule has 174 valence electrons. The predicted octanol–water partition coefficient (Wildman–Crippen LogP) is 3.20. The van der Waals surface area contributed by atoms with Crippen LogP contribution in [0.2, 0.25) is 0 Å². The van der Waals surface area contributed by atoms with Crippen LogP contribution in [-0.2, 0) is 30.4 Å². The molecule has 0 unspecified atom stereocenters. The molecule has 9 heteroatoms. The molecular weight excluding hydrogens is 428 g/mol. The van der Waals surface area contributed by atoms with Crippen LogP contribution in [0, 0.1) is 12.8 Å². The van der Waals surface area contributed by atoms with E-state index in [9.17, 15) is 19.2 Å². The van der Waals surface area contributed by atoms with Gasteiger partial charge in [0.25, 0.3) is 5.91 Å². The van der Waals surface area contributed by atoms with E-state index < -0.39 is 36.6 Å². The maximum atomic E-state index is 12.8. The SMILES string of the molecule is Cc1ccc(C(=O)N(C(=O)OCOC(=O)[C@H](C)C(=O)OCc2ccccc2)C2CC2)cc1N. The third-order valence-corrected chi connectivity index (χ3v) is 5.17. The summed E-state index contributed by atoms with van der Waals surface area (Å²) in [6, 6.07) is 13.5. The number of esters is 2. The van der Waals surface area contributed by atoms with E-state index in [4.69, 9.17) is 19.9 Å². The summed E-state index contributed by atoms with van der Waals surface area (Å²) in [6.45, 7) is 2.43. The molecule has 1 fully saturated rings. The van der Waals surface area contributed by atoms with Crippen LogP contribution in [0.1, 0.15) is 41.3 Å². The van der Waals surface area contributed by atoms with Gasteiger partial charge in [-0.3, -0.25) is 14.4 Å². The Hall–Kier alpha value is -3.88. The number of aryl methyl sites for hydroxylation is 1. The third-order valence-electron chi connectivity index (χ3n) is 5.17. The molecule has 3 rings (SSSR count). The zero-order chi connectivity index (χ0) is 24.0. The molecule has 0 aromatic heterocycles. The predicted molar refractivity (Wildman–Crippen MR) is 118 cm³/mol. The van der Waals surface area contributed by atoms with Gasteiger partial charge in [-0.25, -0.2) is 9.69 Å². The first kappa shape index (κ1) is 23.8. The molecule has 1 saturated carbocycles. The monoisotopic (exact) mass is 454 g/mol. The zero-order valence-corrected chi connectivity index (χ0v) is 18.5. The van der Waals surface area contributed by atoms with E-state index in [-0.39, 0.29) is 18.2 Å². The van der Waals surface area contributed by atoms with Crippen LogP contribution in [0.4, 0.5) is 10.5 Å². The molecule has 1 aliphatic rings. The Morgan fingerprint density at radius 3 is 2.30 bits per heavy atom. The smallest absolute Gasteiger partial charge is 0.419 e. The van der Waals surface area contributed by atoms with Gasteiger partial charge >= 0.3 is 18.0 Å². The number of benzene rings is 2. The van der Waals surface area contributed by atoms with E-state index in [0.29, 0.717) is 18.5 Å². The van der Waals surface area contributed by atoms with Crippen molar-refractivity contribution in [2.75, 3.05) is 12.5 Å². The quantitative estimate of drug-likeness (QED) is 0.279. The van der Waals surface area contributed by atoms with Gasteiger partial charge in [0.05, 0.1) is 0 Å². The highest BCUT2D eigenvalue weighted by atomic mass is 16.7. The van der Waals surface area contributed by atoms with Gasteiger partial charge in [0.1, 0.15) is 6.61 Å². The average molecular weight is 454 g/mol. The van der Waals surface area contributed by atoms with Crippen LogP contribution in [0.25, 0.3) is 0 Å². The van der Waals surface area contributed by atoms with Crippen molar-refractivity contribution in [1.29, 1.82) is 0 Å². The van der Waals surface area contributed by atoms with E-state index in [1.54, 1.807) is 36.4 Å². The summed E-state index contributed by atoms with van der Waals surface area (Å²) in [6.07, 6.45) is 0.382. The van der Waals surface area contributed by atoms with Crippen LogP contribution in [-0.4, -0.2) is 41.7 Å². The molecular formula is C24H26N2O7. The van der Waals surface area contributed by atoms with Crippen LogP contribution in [0.5, 0.6) is 0 Å². The first-order chi connectivity index (χ1) is 15.8. The zero-order valence-electron chi connectivity index (χ0n) is 18.5. The van der Waals surface area contributed by atoms with Gasteiger partial charge in [0.2, 0.25) is 6.79 Å². The summed E-state index contributed by atoms with van der Waals surface area (Å²) < 4.78 is 15.0. The van der Waals surface area contributed by atoms with Gasteiger partial charge in [-0.05, 0) is 49.9 Å². The number of hydrogen-bond donors (Lipinski definition) is 1. The number of nitrogens with two attached hydrogens (primary N) is 1. The first-order valence-electron chi connectivity index (χ1n) is 10.5. The van der Waals surface area contributed by atoms with E-state index >= 15 is 0 Å². The van der Waals surface area contributed by atoms with Gasteiger partial charge in [0, 0.05) is 17.3 Å². The van der Waals surface area contributed by atoms with Gasteiger partial charge in [-0.15, -0.1) is 0 Å². The molecule has 0 spiro atoms. The summed E-state index contributed by atoms with van der Waals surface area (Å²) in [4.78, 5) is 50.5. The van der Waals surface area contributed by atoms with Crippen molar-refractivity contribution in [3.8, 4) is 0 Å². The fourth-order valence-electron chi connectivity index (χ4n) is 2.93. The highest BCUT2D eigenvalue weighted by Crippen LogP contribution is 2.29. The van der Waals surface area contributed by atoms with Crippen LogP contribution in [0.15, 0.2) is 48.5 Å². The lowest BCUT2D eigenvalue weighted by atomic mass is 10.1. The Morgan fingerprint density at radius 2 is 1.67 bits per heavy atom. The fourth-order valence-corrected chi connectivity index (χ4v) is 2.93. The van der Waals surface area contributed by atoms with Crippen molar-refractivity contribution < 1.29 is 33.4 Å². The number of ether oxygens (including phenoxy) is 3. The van der Waals surface area contributed by atoms with Gasteiger partial charge in [0.15, 0.2) is 5.92 Å². The summed E-state index contributed by atoms with van der Waals surface area (Å²) in [5.74, 6) is -3.42. The Kier molecular flexibility index (Phi) is 7.66. The lowest BCUT2D eigenvalue weighted by Crippen LogP contribution is -2.39. The molecule has 0 heterocycles. The number of anilines is 1. The summed E-state index contributed by atoms with van der Waals surface area (Å²) in [5, 5.41) is 0. The minimum atomic E-state index is -1.20. The third kappa shape index (κ3) is 6.31. The Morgan fingerprint density at radius 1 is 1.00 bits per heavy atom. The highest BCUT2D eigenvalue weighted by molar-refractivity contribution is 6.04. The molecule has 0 saturated heterocycles. The second kappa shape index (κ2) is 10.6. The number of carbonyl (C=O) groups is 4. The minimum absolute atomic E-state index is 0.0221. The lowest BCUT2D eigenvalue weighted by molar-refractivity contribution is -0.166. The molecule has 0 bridgehead atoms. The molecule has 2 aromatic rings. The first-order valence-corrected chi connectivity index (χ1v) is 10.5. The molecule has 1 atom stereocenters. The van der Waals surface area contributed by atoms with E-state index in [1.807, 2.05) is 13.0 Å². The topological polar surface area (TPSA) is 125 Å². The summed E-state index contributed by atoms with van der Waals surface area (Å²) in [5.41, 5.74) is 8.15. The molecule has 33 heavy (non-hydrogen) atoms. The molecule has 9 nitrogen and oxygen atoms in total. The van der Waals surface area contributed by atoms with Crippen molar-refractivity contribution in [3.05, 3.63) is 65.2 Å². The lowest BCUT2D eigenvalue weighted by Gasteiger charge is -2.20. The number of imide groups is 1. The Bertz CT molecular complexity index is 1030. The normalized spacial score (nSPS) is 13.5. The number of nitrogens with zero attached hydrogens (tertiary/aromatic N) is 1. The fraction of sp³-hybridized carbons (Fsp3) is 0.333. The number of carbonyl (C=O) groups excluding carboxylic acids is 4. The van der Waals surface area contributed by atoms with Gasteiger partial charge < -0.3 is 19.9 Å². The largest absolute Gasteiger partial charge is 0.460 e. The van der Waals surface area contributed by atoms with Crippen LogP contribution >= 0.6 is 0 Å². The number of hydrogen-bond acceptors (Lipinski definition) is 8. The summed E-state index contributed by atoms with van der Waals surface area (Å²) >= 11 is 0. The van der Waals surface area contributed by atoms with Crippen molar-refractivity contribution in [2.45, 2.75) is 39.3 Å². The highest BCUT2D eigenvalue weighted by Gasteiger charge is 2.39. The average Bonchev–Trinajstić information content (AvgIpc) is 3.64. The molecule has 2 aromatic carbocycles. The molecule has 1 aliphatic carbocycles. The Labute approximate surface area is 191 Å². The van der Waals surface area contributed by atoms with Gasteiger partial charge in [-0.1, -0.05) is 36.4 Å². The standard InChI is InChI=1S/C24H26N2O7/c1-15-8-9-18(12-20(15)25)21(27)26(19-10-11-19)24(30)33-14-32-23(29)16(2)22(28)31-13-17-6-4-3-5-7-17/h3-9,12,16,19H,10-11,13-14,25H2,1-2H3/t16-/m1/s1. The molecule has 0 radical (unpaired) electrons. The second-order valence-corrected chi connectivity index (χ2v) is 7.78. The summed E-state index contributed by atoms with van der Waals surface area (Å²) in [7, 11) is 0. The van der Waals surface area contributed by atoms with Crippen molar-refractivity contribution in [2.24, 2.45) is 5.92 Å². The van der Waals surface area contributed by atoms with Crippen LogP contribution < -0.4 is 5.73 Å². The number of amides is 2. The van der Waals surface area contributed by atoms with Gasteiger partial charge in [-0.2, -0.15) is 0 Å². The van der Waals surface area contributed by atoms with E-state index in [0.717, 1.165) is 16.0 Å². The van der Waals surface area contributed by atoms with E-state index in [2.05, 4.69) is 0 Å². The number of rotatable bonds is 8. The van der Waals surface area contributed by atoms with Crippen molar-refractivity contribution in [3.63, 3.8) is 0 Å². The maximum Gasteiger partial charge on any atom is 0.419 e. The Balaban J connectivity index is 1.49. The molecule has 2 amide bonds. The van der Waals surface area contributed by atoms with Crippen LogP contribution in [0.3, 0.4) is 0 Å². The minimum Gasteiger partial charge on any atom is -0.460 e. The second-order valence-electron chi connectivity index (χ2n) is 7.78. The van der Waals surface area contributed by atoms with Crippen molar-refractivity contribution >= 4 is 29.6 Å².